The topological polar surface area (TPSA) is 117 Å². The fraction of sp³-hybridized carbons (Fsp3) is 0.949. The van der Waals surface area contributed by atoms with Crippen LogP contribution >= 0.6 is 0 Å². The average Bonchev–Trinajstić information content (AvgIpc) is 3.05. The summed E-state index contributed by atoms with van der Waals surface area (Å²) in [5, 5.41) is 31.5. The van der Waals surface area contributed by atoms with Crippen molar-refractivity contribution in [3.05, 3.63) is 0 Å². The van der Waals surface area contributed by atoms with E-state index in [9.17, 15) is 24.9 Å². The van der Waals surface area contributed by atoms with E-state index in [0.29, 0.717) is 45.2 Å². The van der Waals surface area contributed by atoms with Crippen LogP contribution in [0, 0.1) is 11.8 Å². The molecule has 0 aliphatic carbocycles. The zero-order valence-corrected chi connectivity index (χ0v) is 31.2. The van der Waals surface area contributed by atoms with Crippen LogP contribution in [0.2, 0.25) is 0 Å². The summed E-state index contributed by atoms with van der Waals surface area (Å²) in [6.07, 6.45) is 20.6. The van der Waals surface area contributed by atoms with Gasteiger partial charge in [0.1, 0.15) is 0 Å². The fourth-order valence-electron chi connectivity index (χ4n) is 6.14. The Morgan fingerprint density at radius 1 is 0.574 bits per heavy atom. The molecule has 8 nitrogen and oxygen atoms in total. The summed E-state index contributed by atoms with van der Waals surface area (Å²) < 4.78 is 11.2. The number of hydrogen-bond acceptors (Lipinski definition) is 8. The van der Waals surface area contributed by atoms with E-state index in [1.165, 1.54) is 25.7 Å². The summed E-state index contributed by atoms with van der Waals surface area (Å²) in [5.74, 6) is -0.217. The van der Waals surface area contributed by atoms with Gasteiger partial charge in [0.15, 0.2) is 0 Å². The molecule has 8 heteroatoms. The molecule has 3 N–H and O–H groups in total. The molecule has 47 heavy (non-hydrogen) atoms. The van der Waals surface area contributed by atoms with E-state index in [4.69, 9.17) is 9.47 Å². The van der Waals surface area contributed by atoms with Gasteiger partial charge in [-0.15, -0.1) is 0 Å². The van der Waals surface area contributed by atoms with E-state index in [-0.39, 0.29) is 43.6 Å². The van der Waals surface area contributed by atoms with Crippen molar-refractivity contribution in [3.8, 4) is 0 Å². The summed E-state index contributed by atoms with van der Waals surface area (Å²) in [6.45, 7) is 11.0. The van der Waals surface area contributed by atoms with Crippen molar-refractivity contribution in [1.82, 2.24) is 4.90 Å². The van der Waals surface area contributed by atoms with Gasteiger partial charge in [-0.1, -0.05) is 111 Å². The van der Waals surface area contributed by atoms with Gasteiger partial charge in [-0.25, -0.2) is 0 Å². The minimum atomic E-state index is -0.557. The normalized spacial score (nSPS) is 13.1. The lowest BCUT2D eigenvalue weighted by Crippen LogP contribution is -2.41. The summed E-state index contributed by atoms with van der Waals surface area (Å²) in [5.41, 5.74) is 0. The van der Waals surface area contributed by atoms with E-state index in [0.717, 1.165) is 96.4 Å². The molecule has 1 unspecified atom stereocenters. The first-order valence-corrected chi connectivity index (χ1v) is 19.8. The molecule has 0 aromatic carbocycles. The summed E-state index contributed by atoms with van der Waals surface area (Å²) >= 11 is 0. The minimum Gasteiger partial charge on any atom is -0.465 e. The number of carbonyl (C=O) groups excluding carboxylic acids is 2. The van der Waals surface area contributed by atoms with Gasteiger partial charge in [0.25, 0.3) is 0 Å². The summed E-state index contributed by atoms with van der Waals surface area (Å²) in [6, 6.07) is 0. The second-order valence-corrected chi connectivity index (χ2v) is 13.9. The molecule has 0 spiro atoms. The van der Waals surface area contributed by atoms with Crippen molar-refractivity contribution in [2.24, 2.45) is 11.8 Å². The van der Waals surface area contributed by atoms with E-state index in [2.05, 4.69) is 32.6 Å². The zero-order valence-electron chi connectivity index (χ0n) is 31.2. The molecule has 0 aromatic heterocycles. The standard InChI is InChI=1S/C39H77NO7/c1-5-9-13-15-17-26-38(44)46-32-34(33-47-39(45)27-18-16-14-10-6-2)22-21-25-36(42)30-40(28-19-20-29-41)31-37(43)35(23-11-7-3)24-12-8-4/h34-37,41-43H,5-33H2,1-4H3/t36-,37?/m0/s1. The quantitative estimate of drug-likeness (QED) is 0.0455. The lowest BCUT2D eigenvalue weighted by Gasteiger charge is -2.31. The molecule has 0 amide bonds. The number of hydrogen-bond donors (Lipinski definition) is 3. The van der Waals surface area contributed by atoms with Gasteiger partial charge in [-0.05, 0) is 63.8 Å². The third kappa shape index (κ3) is 28.3. The molecule has 280 valence electrons. The maximum atomic E-state index is 12.4. The van der Waals surface area contributed by atoms with Crippen molar-refractivity contribution in [2.75, 3.05) is 39.5 Å². The molecular formula is C39H77NO7. The lowest BCUT2D eigenvalue weighted by atomic mass is 9.90. The number of unbranched alkanes of at least 4 members (excludes halogenated alkanes) is 11. The minimum absolute atomic E-state index is 0.101. The van der Waals surface area contributed by atoms with Gasteiger partial charge < -0.3 is 24.8 Å². The number of ether oxygens (including phenoxy) is 2. The van der Waals surface area contributed by atoms with Gasteiger partial charge in [0.05, 0.1) is 25.4 Å². The Hall–Kier alpha value is -1.22. The van der Waals surface area contributed by atoms with Crippen LogP contribution in [0.3, 0.4) is 0 Å². The van der Waals surface area contributed by atoms with Crippen LogP contribution in [0.15, 0.2) is 0 Å². The SMILES string of the molecule is CCCCCCCC(=O)OCC(CCC[C@H](O)CN(CCCCO)CC(O)C(CCCC)CCCC)COC(=O)CCCCCCC. The molecule has 2 atom stereocenters. The third-order valence-electron chi connectivity index (χ3n) is 9.28. The number of aliphatic hydroxyl groups excluding tert-OH is 3. The van der Waals surface area contributed by atoms with Crippen LogP contribution in [0.5, 0.6) is 0 Å². The maximum Gasteiger partial charge on any atom is 0.305 e. The van der Waals surface area contributed by atoms with Crippen LogP contribution < -0.4 is 0 Å². The van der Waals surface area contributed by atoms with E-state index in [1.54, 1.807) is 0 Å². The van der Waals surface area contributed by atoms with Crippen LogP contribution in [-0.4, -0.2) is 83.8 Å². The predicted molar refractivity (Wildman–Crippen MR) is 193 cm³/mol. The molecule has 0 radical (unpaired) electrons. The highest BCUT2D eigenvalue weighted by Crippen LogP contribution is 2.22. The second kappa shape index (κ2) is 33.3. The van der Waals surface area contributed by atoms with E-state index in [1.807, 2.05) is 0 Å². The monoisotopic (exact) mass is 672 g/mol. The number of esters is 2. The first-order chi connectivity index (χ1) is 22.8. The second-order valence-electron chi connectivity index (χ2n) is 13.9. The molecule has 0 fully saturated rings. The summed E-state index contributed by atoms with van der Waals surface area (Å²) in [7, 11) is 0. The number of aliphatic hydroxyl groups is 3. The smallest absolute Gasteiger partial charge is 0.305 e. The molecule has 0 rings (SSSR count). The van der Waals surface area contributed by atoms with Crippen molar-refractivity contribution in [1.29, 1.82) is 0 Å². The Morgan fingerprint density at radius 2 is 1.09 bits per heavy atom. The van der Waals surface area contributed by atoms with Gasteiger partial charge in [0.2, 0.25) is 0 Å². The van der Waals surface area contributed by atoms with E-state index >= 15 is 0 Å². The van der Waals surface area contributed by atoms with Crippen LogP contribution in [0.25, 0.3) is 0 Å². The Bertz CT molecular complexity index is 669. The van der Waals surface area contributed by atoms with Crippen molar-refractivity contribution < 1.29 is 34.4 Å². The van der Waals surface area contributed by atoms with Crippen LogP contribution in [0.4, 0.5) is 0 Å². The number of nitrogens with zero attached hydrogens (tertiary/aromatic N) is 1. The molecule has 0 aliphatic heterocycles. The predicted octanol–water partition coefficient (Wildman–Crippen LogP) is 8.37. The number of rotatable bonds is 35. The molecule has 0 heterocycles. The Morgan fingerprint density at radius 3 is 1.57 bits per heavy atom. The maximum absolute atomic E-state index is 12.4. The molecule has 0 bridgehead atoms. The van der Waals surface area contributed by atoms with Crippen LogP contribution in [-0.2, 0) is 19.1 Å². The van der Waals surface area contributed by atoms with Gasteiger partial charge in [-0.2, -0.15) is 0 Å². The highest BCUT2D eigenvalue weighted by atomic mass is 16.5. The average molecular weight is 672 g/mol. The van der Waals surface area contributed by atoms with Crippen molar-refractivity contribution in [3.63, 3.8) is 0 Å². The zero-order chi connectivity index (χ0) is 35.0. The van der Waals surface area contributed by atoms with E-state index < -0.39 is 12.2 Å². The van der Waals surface area contributed by atoms with Gasteiger partial charge in [0, 0.05) is 38.5 Å². The Labute approximate surface area is 289 Å². The largest absolute Gasteiger partial charge is 0.465 e. The highest BCUT2D eigenvalue weighted by molar-refractivity contribution is 5.69. The number of carbonyl (C=O) groups is 2. The Balaban J connectivity index is 5.03. The lowest BCUT2D eigenvalue weighted by molar-refractivity contribution is -0.149. The van der Waals surface area contributed by atoms with Crippen LogP contribution in [0.1, 0.15) is 175 Å². The fourth-order valence-corrected chi connectivity index (χ4v) is 6.14. The molecule has 0 aliphatic rings. The first-order valence-electron chi connectivity index (χ1n) is 19.8. The molecule has 0 aromatic rings. The molecule has 0 saturated heterocycles. The van der Waals surface area contributed by atoms with Crippen molar-refractivity contribution in [2.45, 2.75) is 188 Å². The first kappa shape index (κ1) is 45.8. The third-order valence-corrected chi connectivity index (χ3v) is 9.28. The van der Waals surface area contributed by atoms with Gasteiger partial charge >= 0.3 is 11.9 Å². The molecular weight excluding hydrogens is 594 g/mol. The Kier molecular flexibility index (Phi) is 32.4. The van der Waals surface area contributed by atoms with Crippen molar-refractivity contribution >= 4 is 11.9 Å². The summed E-state index contributed by atoms with van der Waals surface area (Å²) in [4.78, 5) is 27.0. The van der Waals surface area contributed by atoms with Gasteiger partial charge in [-0.3, -0.25) is 14.5 Å². The molecule has 0 saturated carbocycles. The highest BCUT2D eigenvalue weighted by Gasteiger charge is 2.23.